The highest BCUT2D eigenvalue weighted by molar-refractivity contribution is 9.10. The van der Waals surface area contributed by atoms with Crippen molar-refractivity contribution in [2.24, 2.45) is 0 Å². The Balaban J connectivity index is 1.69. The highest BCUT2D eigenvalue weighted by Crippen LogP contribution is 2.22. The molecule has 0 unspecified atom stereocenters. The SMILES string of the molecule is O=C(CSc1ccccc1)Nc1ccccc1-n1cc(Br)cn1. The van der Waals surface area contributed by atoms with E-state index in [4.69, 9.17) is 0 Å². The van der Waals surface area contributed by atoms with Crippen LogP contribution in [-0.2, 0) is 4.79 Å². The fourth-order valence-corrected chi connectivity index (χ4v) is 3.07. The van der Waals surface area contributed by atoms with E-state index in [2.05, 4.69) is 26.3 Å². The Bertz CT molecular complexity index is 804. The predicted octanol–water partition coefficient (Wildman–Crippen LogP) is 4.37. The molecule has 3 aromatic rings. The number of thioether (sulfide) groups is 1. The maximum atomic E-state index is 12.2. The number of halogens is 1. The van der Waals surface area contributed by atoms with Gasteiger partial charge in [-0.05, 0) is 40.2 Å². The molecule has 1 N–H and O–H groups in total. The number of hydrogen-bond donors (Lipinski definition) is 1. The summed E-state index contributed by atoms with van der Waals surface area (Å²) in [6.45, 7) is 0. The number of rotatable bonds is 5. The summed E-state index contributed by atoms with van der Waals surface area (Å²) in [5, 5.41) is 7.21. The molecule has 1 aromatic heterocycles. The number of nitrogens with one attached hydrogen (secondary N) is 1. The second kappa shape index (κ2) is 7.48. The van der Waals surface area contributed by atoms with Gasteiger partial charge in [0.2, 0.25) is 5.91 Å². The zero-order valence-corrected chi connectivity index (χ0v) is 14.5. The first kappa shape index (κ1) is 15.8. The predicted molar refractivity (Wildman–Crippen MR) is 97.1 cm³/mol. The van der Waals surface area contributed by atoms with Crippen LogP contribution in [0.5, 0.6) is 0 Å². The number of nitrogens with zero attached hydrogens (tertiary/aromatic N) is 2. The third kappa shape index (κ3) is 4.24. The molecule has 3 rings (SSSR count). The summed E-state index contributed by atoms with van der Waals surface area (Å²) < 4.78 is 2.61. The summed E-state index contributed by atoms with van der Waals surface area (Å²) in [6.07, 6.45) is 3.56. The number of aromatic nitrogens is 2. The van der Waals surface area contributed by atoms with Gasteiger partial charge in [-0.25, -0.2) is 4.68 Å². The molecule has 0 fully saturated rings. The van der Waals surface area contributed by atoms with Crippen molar-refractivity contribution in [1.82, 2.24) is 9.78 Å². The Kier molecular flexibility index (Phi) is 5.15. The number of anilines is 1. The van der Waals surface area contributed by atoms with Gasteiger partial charge < -0.3 is 5.32 Å². The summed E-state index contributed by atoms with van der Waals surface area (Å²) in [5.74, 6) is 0.318. The molecule has 1 heterocycles. The molecule has 0 atom stereocenters. The van der Waals surface area contributed by atoms with Gasteiger partial charge in [0.25, 0.3) is 0 Å². The normalized spacial score (nSPS) is 10.5. The van der Waals surface area contributed by atoms with E-state index in [1.807, 2.05) is 60.8 Å². The minimum absolute atomic E-state index is 0.0440. The number of carbonyl (C=O) groups excluding carboxylic acids is 1. The van der Waals surface area contributed by atoms with Crippen LogP contribution in [0.1, 0.15) is 0 Å². The largest absolute Gasteiger partial charge is 0.323 e. The molecule has 0 aliphatic heterocycles. The van der Waals surface area contributed by atoms with Gasteiger partial charge in [0.15, 0.2) is 0 Å². The van der Waals surface area contributed by atoms with Gasteiger partial charge in [-0.2, -0.15) is 5.10 Å². The lowest BCUT2D eigenvalue weighted by Gasteiger charge is -2.11. The highest BCUT2D eigenvalue weighted by Gasteiger charge is 2.09. The summed E-state index contributed by atoms with van der Waals surface area (Å²) >= 11 is 4.89. The number of hydrogen-bond acceptors (Lipinski definition) is 3. The van der Waals surface area contributed by atoms with Crippen molar-refractivity contribution in [3.05, 3.63) is 71.5 Å². The summed E-state index contributed by atoms with van der Waals surface area (Å²) in [4.78, 5) is 13.3. The molecule has 6 heteroatoms. The molecule has 116 valence electrons. The molecular weight excluding hydrogens is 374 g/mol. The molecule has 0 bridgehead atoms. The van der Waals surface area contributed by atoms with E-state index in [1.165, 1.54) is 11.8 Å². The van der Waals surface area contributed by atoms with Crippen LogP contribution in [0.4, 0.5) is 5.69 Å². The summed E-state index contributed by atoms with van der Waals surface area (Å²) in [7, 11) is 0. The quantitative estimate of drug-likeness (QED) is 0.661. The minimum Gasteiger partial charge on any atom is -0.323 e. The lowest BCUT2D eigenvalue weighted by Crippen LogP contribution is -2.15. The molecule has 0 aliphatic rings. The third-order valence-corrected chi connectivity index (χ3v) is 4.51. The van der Waals surface area contributed by atoms with Gasteiger partial charge in [0, 0.05) is 11.1 Å². The van der Waals surface area contributed by atoms with Crippen molar-refractivity contribution in [3.8, 4) is 5.69 Å². The van der Waals surface area contributed by atoms with Gasteiger partial charge >= 0.3 is 0 Å². The van der Waals surface area contributed by atoms with Crippen LogP contribution < -0.4 is 5.32 Å². The molecule has 0 spiro atoms. The number of amides is 1. The molecule has 4 nitrogen and oxygen atoms in total. The lowest BCUT2D eigenvalue weighted by atomic mass is 10.2. The summed E-state index contributed by atoms with van der Waals surface area (Å²) in [5.41, 5.74) is 1.57. The first-order valence-corrected chi connectivity index (χ1v) is 8.77. The van der Waals surface area contributed by atoms with Crippen LogP contribution in [0.25, 0.3) is 5.69 Å². The standard InChI is InChI=1S/C17H14BrN3OS/c18-13-10-19-21(11-13)16-9-5-4-8-15(16)20-17(22)12-23-14-6-2-1-3-7-14/h1-11H,12H2,(H,20,22). The van der Waals surface area contributed by atoms with Crippen LogP contribution in [0.15, 0.2) is 76.4 Å². The topological polar surface area (TPSA) is 46.9 Å². The number of carbonyl (C=O) groups is 1. The lowest BCUT2D eigenvalue weighted by molar-refractivity contribution is -0.113. The molecule has 0 radical (unpaired) electrons. The maximum Gasteiger partial charge on any atom is 0.234 e. The van der Waals surface area contributed by atoms with Crippen molar-refractivity contribution in [3.63, 3.8) is 0 Å². The van der Waals surface area contributed by atoms with Crippen LogP contribution in [-0.4, -0.2) is 21.4 Å². The zero-order valence-electron chi connectivity index (χ0n) is 12.1. The monoisotopic (exact) mass is 387 g/mol. The fraction of sp³-hybridized carbons (Fsp3) is 0.0588. The fourth-order valence-electron chi connectivity index (χ4n) is 2.06. The van der Waals surface area contributed by atoms with Gasteiger partial charge in [0.05, 0.1) is 27.8 Å². The van der Waals surface area contributed by atoms with Crippen molar-refractivity contribution in [2.45, 2.75) is 4.90 Å². The van der Waals surface area contributed by atoms with Crippen molar-refractivity contribution >= 4 is 39.3 Å². The minimum atomic E-state index is -0.0440. The Labute approximate surface area is 147 Å². The van der Waals surface area contributed by atoms with E-state index in [0.717, 1.165) is 20.7 Å². The average Bonchev–Trinajstić information content (AvgIpc) is 3.01. The molecule has 2 aromatic carbocycles. The highest BCUT2D eigenvalue weighted by atomic mass is 79.9. The Morgan fingerprint density at radius 1 is 1.13 bits per heavy atom. The Morgan fingerprint density at radius 2 is 1.87 bits per heavy atom. The van der Waals surface area contributed by atoms with E-state index in [0.29, 0.717) is 5.75 Å². The smallest absolute Gasteiger partial charge is 0.234 e. The van der Waals surface area contributed by atoms with Crippen LogP contribution in [0, 0.1) is 0 Å². The van der Waals surface area contributed by atoms with E-state index >= 15 is 0 Å². The number of benzene rings is 2. The van der Waals surface area contributed by atoms with E-state index in [1.54, 1.807) is 10.9 Å². The Hall–Kier alpha value is -2.05. The molecule has 23 heavy (non-hydrogen) atoms. The first-order chi connectivity index (χ1) is 11.2. The van der Waals surface area contributed by atoms with Crippen LogP contribution >= 0.6 is 27.7 Å². The van der Waals surface area contributed by atoms with Gasteiger partial charge in [-0.3, -0.25) is 4.79 Å². The second-order valence-electron chi connectivity index (χ2n) is 4.77. The van der Waals surface area contributed by atoms with E-state index in [9.17, 15) is 4.79 Å². The van der Waals surface area contributed by atoms with Crippen LogP contribution in [0.3, 0.4) is 0 Å². The summed E-state index contributed by atoms with van der Waals surface area (Å²) in [6, 6.07) is 17.5. The second-order valence-corrected chi connectivity index (χ2v) is 6.73. The van der Waals surface area contributed by atoms with Crippen molar-refractivity contribution in [2.75, 3.05) is 11.1 Å². The first-order valence-electron chi connectivity index (χ1n) is 6.99. The van der Waals surface area contributed by atoms with Crippen molar-refractivity contribution < 1.29 is 4.79 Å². The van der Waals surface area contributed by atoms with Gasteiger partial charge in [-0.1, -0.05) is 30.3 Å². The molecule has 0 aliphatic carbocycles. The Morgan fingerprint density at radius 3 is 2.61 bits per heavy atom. The van der Waals surface area contributed by atoms with E-state index < -0.39 is 0 Å². The molecule has 1 amide bonds. The van der Waals surface area contributed by atoms with Crippen LogP contribution in [0.2, 0.25) is 0 Å². The molecular formula is C17H14BrN3OS. The van der Waals surface area contributed by atoms with Gasteiger partial charge in [-0.15, -0.1) is 11.8 Å². The van der Waals surface area contributed by atoms with Gasteiger partial charge in [0.1, 0.15) is 0 Å². The molecule has 0 saturated carbocycles. The third-order valence-electron chi connectivity index (χ3n) is 3.09. The van der Waals surface area contributed by atoms with Crippen molar-refractivity contribution in [1.29, 1.82) is 0 Å². The average molecular weight is 388 g/mol. The molecule has 0 saturated heterocycles. The maximum absolute atomic E-state index is 12.2. The van der Waals surface area contributed by atoms with E-state index in [-0.39, 0.29) is 5.91 Å². The number of para-hydroxylation sites is 2. The zero-order chi connectivity index (χ0) is 16.1.